The van der Waals surface area contributed by atoms with Gasteiger partial charge in [0.1, 0.15) is 11.5 Å². The molecule has 2 aromatic carbocycles. The molecule has 0 saturated carbocycles. The maximum Gasteiger partial charge on any atom is 0.123 e. The summed E-state index contributed by atoms with van der Waals surface area (Å²) in [5, 5.41) is 23.4. The highest BCUT2D eigenvalue weighted by atomic mass is 16.3. The molecule has 0 aliphatic heterocycles. The highest BCUT2D eigenvalue weighted by Crippen LogP contribution is 2.34. The smallest absolute Gasteiger partial charge is 0.123 e. The summed E-state index contributed by atoms with van der Waals surface area (Å²) in [4.78, 5) is 22.7. The average Bonchev–Trinajstić information content (AvgIpc) is 3.10. The predicted molar refractivity (Wildman–Crippen MR) is 191 cm³/mol. The van der Waals surface area contributed by atoms with Crippen LogP contribution in [0.2, 0.25) is 0 Å². The summed E-state index contributed by atoms with van der Waals surface area (Å²) >= 11 is 0. The summed E-state index contributed by atoms with van der Waals surface area (Å²) in [5.41, 5.74) is 9.08. The molecule has 0 fully saturated rings. The van der Waals surface area contributed by atoms with E-state index in [-0.39, 0.29) is 11.5 Å². The number of aryl methyl sites for hydroxylation is 2. The molecule has 0 bridgehead atoms. The van der Waals surface area contributed by atoms with E-state index in [2.05, 4.69) is 29.7 Å². The Hall–Kier alpha value is -5.44. The normalized spacial score (nSPS) is 11.3. The number of aromatic hydroxyl groups is 2. The van der Waals surface area contributed by atoms with E-state index < -0.39 is 0 Å². The molecule has 0 saturated heterocycles. The number of nitrogens with zero attached hydrogens (tertiary/aromatic N) is 6. The van der Waals surface area contributed by atoms with Gasteiger partial charge in [0.05, 0.1) is 22.8 Å². The predicted octanol–water partition coefficient (Wildman–Crippen LogP) is 7.29. The third kappa shape index (κ3) is 9.34. The second kappa shape index (κ2) is 16.1. The molecule has 0 aliphatic carbocycles. The molecule has 8 heteroatoms. The molecular formula is C41H42N6O2. The van der Waals surface area contributed by atoms with Crippen LogP contribution in [0, 0.1) is 13.8 Å². The van der Waals surface area contributed by atoms with E-state index in [0.29, 0.717) is 45.7 Å². The second-order valence-corrected chi connectivity index (χ2v) is 12.6. The van der Waals surface area contributed by atoms with Crippen molar-refractivity contribution in [1.82, 2.24) is 29.7 Å². The molecule has 0 spiro atoms. The minimum absolute atomic E-state index is 0.243. The first-order valence-electron chi connectivity index (χ1n) is 16.6. The Kier molecular flexibility index (Phi) is 11.0. The van der Waals surface area contributed by atoms with Crippen LogP contribution in [-0.2, 0) is 45.7 Å². The lowest BCUT2D eigenvalue weighted by Gasteiger charge is -2.24. The molecule has 0 aliphatic rings. The molecule has 248 valence electrons. The first kappa shape index (κ1) is 33.5. The average molecular weight is 651 g/mol. The molecule has 2 N–H and O–H groups in total. The standard InChI is InChI=1S/C41H42N6O2/c1-30-19-32(40(48)34(21-30)24-46(26-36-11-3-7-15-42-36)27-37-12-4-8-16-43-37)23-33-20-31(2)22-35(41(33)49)25-47(28-38-13-5-9-17-44-38)29-39-14-6-10-18-45-39/h3-22,48-49H,23-29H2,1-2H3. The van der Waals surface area contributed by atoms with Gasteiger partial charge in [-0.05, 0) is 73.5 Å². The minimum Gasteiger partial charge on any atom is -0.507 e. The van der Waals surface area contributed by atoms with Gasteiger partial charge in [0.25, 0.3) is 0 Å². The summed E-state index contributed by atoms with van der Waals surface area (Å²) in [6.45, 7) is 7.53. The summed E-state index contributed by atoms with van der Waals surface area (Å²) < 4.78 is 0. The van der Waals surface area contributed by atoms with Gasteiger partial charge in [0, 0.05) is 81.6 Å². The van der Waals surface area contributed by atoms with Gasteiger partial charge in [-0.2, -0.15) is 0 Å². The quantitative estimate of drug-likeness (QED) is 0.127. The Morgan fingerprint density at radius 2 is 0.735 bits per heavy atom. The number of hydrogen-bond acceptors (Lipinski definition) is 8. The van der Waals surface area contributed by atoms with Gasteiger partial charge < -0.3 is 10.2 Å². The van der Waals surface area contributed by atoms with Crippen molar-refractivity contribution in [3.05, 3.63) is 178 Å². The summed E-state index contributed by atoms with van der Waals surface area (Å²) in [6, 6.07) is 31.8. The number of rotatable bonds is 14. The van der Waals surface area contributed by atoms with Crippen LogP contribution in [0.3, 0.4) is 0 Å². The van der Waals surface area contributed by atoms with Gasteiger partial charge in [-0.15, -0.1) is 0 Å². The Labute approximate surface area is 288 Å². The van der Waals surface area contributed by atoms with Crippen LogP contribution in [-0.4, -0.2) is 39.9 Å². The van der Waals surface area contributed by atoms with Crippen molar-refractivity contribution in [2.24, 2.45) is 0 Å². The summed E-state index contributed by atoms with van der Waals surface area (Å²) in [5.74, 6) is 0.485. The maximum absolute atomic E-state index is 11.7. The van der Waals surface area contributed by atoms with Crippen molar-refractivity contribution in [1.29, 1.82) is 0 Å². The lowest BCUT2D eigenvalue weighted by atomic mass is 9.95. The van der Waals surface area contributed by atoms with Crippen LogP contribution < -0.4 is 0 Å². The SMILES string of the molecule is Cc1cc(Cc2cc(C)cc(CN(Cc3ccccn3)Cc3ccccn3)c2O)c(O)c(CN(Cc2ccccn2)Cc2ccccn2)c1. The van der Waals surface area contributed by atoms with Crippen LogP contribution in [0.1, 0.15) is 56.2 Å². The van der Waals surface area contributed by atoms with Crippen molar-refractivity contribution in [2.45, 2.75) is 59.5 Å². The first-order valence-corrected chi connectivity index (χ1v) is 16.6. The van der Waals surface area contributed by atoms with Crippen molar-refractivity contribution in [2.75, 3.05) is 0 Å². The van der Waals surface area contributed by atoms with Gasteiger partial charge in [0.2, 0.25) is 0 Å². The lowest BCUT2D eigenvalue weighted by molar-refractivity contribution is 0.238. The van der Waals surface area contributed by atoms with E-state index in [1.807, 2.05) is 111 Å². The zero-order valence-corrected chi connectivity index (χ0v) is 28.1. The molecule has 0 unspecified atom stereocenters. The Balaban J connectivity index is 1.26. The van der Waals surface area contributed by atoms with E-state index in [9.17, 15) is 10.2 Å². The fraction of sp³-hybridized carbons (Fsp3) is 0.220. The lowest BCUT2D eigenvalue weighted by Crippen LogP contribution is -2.24. The van der Waals surface area contributed by atoms with E-state index >= 15 is 0 Å². The number of pyridine rings is 4. The number of benzene rings is 2. The van der Waals surface area contributed by atoms with Gasteiger partial charge in [-0.25, -0.2) is 0 Å². The largest absolute Gasteiger partial charge is 0.507 e. The van der Waals surface area contributed by atoms with Crippen LogP contribution in [0.15, 0.2) is 122 Å². The zero-order valence-electron chi connectivity index (χ0n) is 28.1. The van der Waals surface area contributed by atoms with Crippen molar-refractivity contribution < 1.29 is 10.2 Å². The van der Waals surface area contributed by atoms with E-state index in [4.69, 9.17) is 0 Å². The maximum atomic E-state index is 11.7. The number of aromatic nitrogens is 4. The molecular weight excluding hydrogens is 608 g/mol. The Morgan fingerprint density at radius 3 is 1.02 bits per heavy atom. The molecule has 8 nitrogen and oxygen atoms in total. The van der Waals surface area contributed by atoms with E-state index in [0.717, 1.165) is 56.2 Å². The van der Waals surface area contributed by atoms with Gasteiger partial charge in [-0.3, -0.25) is 29.7 Å². The highest BCUT2D eigenvalue weighted by molar-refractivity contribution is 5.50. The summed E-state index contributed by atoms with van der Waals surface area (Å²) in [6.07, 6.45) is 7.60. The minimum atomic E-state index is 0.243. The topological polar surface area (TPSA) is 98.5 Å². The molecule has 49 heavy (non-hydrogen) atoms. The van der Waals surface area contributed by atoms with Crippen LogP contribution in [0.25, 0.3) is 0 Å². The third-order valence-electron chi connectivity index (χ3n) is 8.44. The molecule has 6 aromatic rings. The third-order valence-corrected chi connectivity index (χ3v) is 8.44. The van der Waals surface area contributed by atoms with Gasteiger partial charge in [0.15, 0.2) is 0 Å². The van der Waals surface area contributed by atoms with Crippen LogP contribution >= 0.6 is 0 Å². The molecule has 4 heterocycles. The van der Waals surface area contributed by atoms with Gasteiger partial charge >= 0.3 is 0 Å². The molecule has 0 radical (unpaired) electrons. The van der Waals surface area contributed by atoms with E-state index in [1.54, 1.807) is 24.8 Å². The molecule has 6 rings (SSSR count). The molecule has 0 amide bonds. The fourth-order valence-corrected chi connectivity index (χ4v) is 6.28. The Bertz CT molecular complexity index is 1720. The van der Waals surface area contributed by atoms with Gasteiger partial charge in [-0.1, -0.05) is 59.7 Å². The Morgan fingerprint density at radius 1 is 0.429 bits per heavy atom. The van der Waals surface area contributed by atoms with Crippen molar-refractivity contribution in [3.8, 4) is 11.5 Å². The van der Waals surface area contributed by atoms with Crippen LogP contribution in [0.4, 0.5) is 0 Å². The fourth-order valence-electron chi connectivity index (χ4n) is 6.28. The van der Waals surface area contributed by atoms with Crippen molar-refractivity contribution >= 4 is 0 Å². The molecule has 4 aromatic heterocycles. The first-order chi connectivity index (χ1) is 23.9. The number of hydrogen-bond donors (Lipinski definition) is 2. The molecule has 0 atom stereocenters. The monoisotopic (exact) mass is 650 g/mol. The van der Waals surface area contributed by atoms with Crippen LogP contribution in [0.5, 0.6) is 11.5 Å². The highest BCUT2D eigenvalue weighted by Gasteiger charge is 2.19. The summed E-state index contributed by atoms with van der Waals surface area (Å²) in [7, 11) is 0. The zero-order chi connectivity index (χ0) is 34.0. The van der Waals surface area contributed by atoms with E-state index in [1.165, 1.54) is 0 Å². The van der Waals surface area contributed by atoms with Crippen molar-refractivity contribution in [3.63, 3.8) is 0 Å². The second-order valence-electron chi connectivity index (χ2n) is 12.6. The number of phenolic OH excluding ortho intramolecular Hbond substituents is 2. The number of phenols is 2.